The van der Waals surface area contributed by atoms with Gasteiger partial charge in [0.2, 0.25) is 0 Å². The van der Waals surface area contributed by atoms with E-state index in [1.54, 1.807) is 12.5 Å². The van der Waals surface area contributed by atoms with Gasteiger partial charge in [-0.2, -0.15) is 0 Å². The molecule has 0 N–H and O–H groups in total. The number of aromatic nitrogens is 2. The number of halogens is 1. The Labute approximate surface area is 64.9 Å². The summed E-state index contributed by atoms with van der Waals surface area (Å²) >= 11 is 0. The van der Waals surface area contributed by atoms with Crippen molar-refractivity contribution in [3.05, 3.63) is 36.9 Å². The van der Waals surface area contributed by atoms with Crippen LogP contribution < -0.4 is 0 Å². The van der Waals surface area contributed by atoms with E-state index in [4.69, 9.17) is 0 Å². The molecule has 0 radical (unpaired) electrons. The Bertz CT molecular complexity index is 286. The lowest BCUT2D eigenvalue weighted by molar-refractivity contribution is 1.10. The van der Waals surface area contributed by atoms with E-state index in [1.807, 2.05) is 28.8 Å². The molecule has 0 fully saturated rings. The molecule has 0 spiro atoms. The molecule has 0 aliphatic rings. The Morgan fingerprint density at radius 2 is 2.20 bits per heavy atom. The Morgan fingerprint density at radius 1 is 1.30 bits per heavy atom. The summed E-state index contributed by atoms with van der Waals surface area (Å²) in [5, 5.41) is 0. The van der Waals surface area contributed by atoms with Crippen LogP contribution in [0.2, 0.25) is 0 Å². The molecule has 0 aliphatic carbocycles. The van der Waals surface area contributed by atoms with Gasteiger partial charge in [-0.3, -0.25) is 0 Å². The normalized spacial score (nSPS) is 9.20. The van der Waals surface area contributed by atoms with Gasteiger partial charge in [0.25, 0.3) is 0 Å². The topological polar surface area (TPSA) is 17.3 Å². The maximum absolute atomic E-state index is 3.95. The summed E-state index contributed by atoms with van der Waals surface area (Å²) in [4.78, 5) is 3.95. The lowest BCUT2D eigenvalue weighted by atomic mass is 10.5. The average Bonchev–Trinajstić information content (AvgIpc) is 2.33. The SMILES string of the molecule is Cl.c1cc2ccncn2c1. The Kier molecular flexibility index (Phi) is 1.92. The standard InChI is InChI=1S/C7H6N2.ClH/c1-2-7-3-4-8-6-9(7)5-1;/h1-6H;1H. The second-order valence-corrected chi connectivity index (χ2v) is 1.92. The van der Waals surface area contributed by atoms with E-state index in [-0.39, 0.29) is 12.4 Å². The highest BCUT2D eigenvalue weighted by atomic mass is 35.5. The lowest BCUT2D eigenvalue weighted by Crippen LogP contribution is -1.80. The molecular weight excluding hydrogens is 148 g/mol. The fourth-order valence-electron chi connectivity index (χ4n) is 0.883. The van der Waals surface area contributed by atoms with Crippen molar-refractivity contribution in [1.29, 1.82) is 0 Å². The van der Waals surface area contributed by atoms with Crippen LogP contribution in [-0.2, 0) is 0 Å². The number of hydrogen-bond donors (Lipinski definition) is 0. The van der Waals surface area contributed by atoms with Crippen molar-refractivity contribution in [1.82, 2.24) is 9.38 Å². The summed E-state index contributed by atoms with van der Waals surface area (Å²) in [6.45, 7) is 0. The molecule has 0 aliphatic heterocycles. The number of hydrogen-bond acceptors (Lipinski definition) is 1. The Morgan fingerprint density at radius 3 is 3.00 bits per heavy atom. The maximum Gasteiger partial charge on any atom is 0.0990 e. The third-order valence-corrected chi connectivity index (χ3v) is 1.33. The summed E-state index contributed by atoms with van der Waals surface area (Å²) < 4.78 is 1.97. The van der Waals surface area contributed by atoms with Crippen molar-refractivity contribution in [3.63, 3.8) is 0 Å². The van der Waals surface area contributed by atoms with E-state index in [1.165, 1.54) is 5.52 Å². The Balaban J connectivity index is 0.000000500. The van der Waals surface area contributed by atoms with Gasteiger partial charge in [-0.1, -0.05) is 0 Å². The van der Waals surface area contributed by atoms with Crippen molar-refractivity contribution < 1.29 is 0 Å². The van der Waals surface area contributed by atoms with E-state index >= 15 is 0 Å². The second kappa shape index (κ2) is 2.71. The van der Waals surface area contributed by atoms with Crippen molar-refractivity contribution in [3.8, 4) is 0 Å². The summed E-state index contributed by atoms with van der Waals surface area (Å²) in [5.41, 5.74) is 1.19. The summed E-state index contributed by atoms with van der Waals surface area (Å²) in [5.74, 6) is 0. The molecule has 2 heterocycles. The van der Waals surface area contributed by atoms with Gasteiger partial charge in [-0.25, -0.2) is 4.98 Å². The van der Waals surface area contributed by atoms with Crippen molar-refractivity contribution in [2.24, 2.45) is 0 Å². The van der Waals surface area contributed by atoms with Gasteiger partial charge < -0.3 is 4.40 Å². The van der Waals surface area contributed by atoms with Crippen LogP contribution >= 0.6 is 12.4 Å². The monoisotopic (exact) mass is 154 g/mol. The first-order chi connectivity index (χ1) is 4.47. The van der Waals surface area contributed by atoms with Gasteiger partial charge in [0.05, 0.1) is 6.33 Å². The first-order valence-electron chi connectivity index (χ1n) is 2.83. The third-order valence-electron chi connectivity index (χ3n) is 1.33. The van der Waals surface area contributed by atoms with Gasteiger partial charge in [-0.15, -0.1) is 12.4 Å². The molecule has 2 nitrogen and oxygen atoms in total. The number of nitrogens with zero attached hydrogens (tertiary/aromatic N) is 2. The van der Waals surface area contributed by atoms with E-state index in [9.17, 15) is 0 Å². The Hall–Kier alpha value is -1.02. The van der Waals surface area contributed by atoms with E-state index < -0.39 is 0 Å². The molecule has 0 unspecified atom stereocenters. The lowest BCUT2D eigenvalue weighted by Gasteiger charge is -1.87. The van der Waals surface area contributed by atoms with Crippen LogP contribution in [0.5, 0.6) is 0 Å². The van der Waals surface area contributed by atoms with Crippen LogP contribution in [0.1, 0.15) is 0 Å². The highest BCUT2D eigenvalue weighted by Gasteiger charge is 1.84. The van der Waals surface area contributed by atoms with Gasteiger partial charge in [0.15, 0.2) is 0 Å². The minimum atomic E-state index is 0. The zero-order chi connectivity index (χ0) is 6.10. The van der Waals surface area contributed by atoms with E-state index in [0.29, 0.717) is 0 Å². The van der Waals surface area contributed by atoms with Gasteiger partial charge >= 0.3 is 0 Å². The molecule has 2 aromatic heterocycles. The van der Waals surface area contributed by atoms with Gasteiger partial charge in [-0.05, 0) is 18.2 Å². The smallest absolute Gasteiger partial charge is 0.0990 e. The molecule has 0 amide bonds. The van der Waals surface area contributed by atoms with Crippen LogP contribution in [0.4, 0.5) is 0 Å². The largest absolute Gasteiger partial charge is 0.308 e. The second-order valence-electron chi connectivity index (χ2n) is 1.92. The van der Waals surface area contributed by atoms with Gasteiger partial charge in [0, 0.05) is 17.9 Å². The predicted molar refractivity (Wildman–Crippen MR) is 42.4 cm³/mol. The molecular formula is C7H7ClN2. The molecule has 2 rings (SSSR count). The molecule has 0 saturated carbocycles. The zero-order valence-electron chi connectivity index (χ0n) is 5.27. The molecule has 2 aromatic rings. The fraction of sp³-hybridized carbons (Fsp3) is 0. The van der Waals surface area contributed by atoms with Gasteiger partial charge in [0.1, 0.15) is 0 Å². The molecule has 3 heteroatoms. The minimum absolute atomic E-state index is 0. The van der Waals surface area contributed by atoms with Crippen molar-refractivity contribution >= 4 is 17.9 Å². The summed E-state index contributed by atoms with van der Waals surface area (Å²) in [6.07, 6.45) is 5.55. The molecule has 0 atom stereocenters. The first kappa shape index (κ1) is 7.09. The molecule has 0 saturated heterocycles. The van der Waals surface area contributed by atoms with Crippen molar-refractivity contribution in [2.45, 2.75) is 0 Å². The third kappa shape index (κ3) is 0.977. The van der Waals surface area contributed by atoms with Crippen LogP contribution in [0, 0.1) is 0 Å². The first-order valence-corrected chi connectivity index (χ1v) is 2.83. The highest BCUT2D eigenvalue weighted by Crippen LogP contribution is 1.99. The predicted octanol–water partition coefficient (Wildman–Crippen LogP) is 1.76. The molecule has 0 bridgehead atoms. The van der Waals surface area contributed by atoms with Crippen molar-refractivity contribution in [2.75, 3.05) is 0 Å². The molecule has 0 aromatic carbocycles. The van der Waals surface area contributed by atoms with Crippen LogP contribution in [0.15, 0.2) is 36.9 Å². The maximum atomic E-state index is 3.95. The van der Waals surface area contributed by atoms with E-state index in [0.717, 1.165) is 0 Å². The van der Waals surface area contributed by atoms with Crippen LogP contribution in [-0.4, -0.2) is 9.38 Å². The average molecular weight is 155 g/mol. The number of rotatable bonds is 0. The number of fused-ring (bicyclic) bond motifs is 1. The molecule has 10 heavy (non-hydrogen) atoms. The highest BCUT2D eigenvalue weighted by molar-refractivity contribution is 5.85. The minimum Gasteiger partial charge on any atom is -0.308 e. The fourth-order valence-corrected chi connectivity index (χ4v) is 0.883. The quantitative estimate of drug-likeness (QED) is 0.565. The van der Waals surface area contributed by atoms with Crippen LogP contribution in [0.3, 0.4) is 0 Å². The summed E-state index contributed by atoms with van der Waals surface area (Å²) in [6, 6.07) is 6.01. The summed E-state index contributed by atoms with van der Waals surface area (Å²) in [7, 11) is 0. The zero-order valence-corrected chi connectivity index (χ0v) is 6.08. The van der Waals surface area contributed by atoms with Crippen LogP contribution in [0.25, 0.3) is 5.52 Å². The molecule has 52 valence electrons. The van der Waals surface area contributed by atoms with E-state index in [2.05, 4.69) is 4.98 Å².